The fraction of sp³-hybridized carbons (Fsp3) is 0.750. The summed E-state index contributed by atoms with van der Waals surface area (Å²) in [6.45, 7) is 2.35. The van der Waals surface area contributed by atoms with Crippen molar-refractivity contribution in [2.75, 3.05) is 0 Å². The van der Waals surface area contributed by atoms with Gasteiger partial charge in [0.15, 0.2) is 0 Å². The van der Waals surface area contributed by atoms with Crippen molar-refractivity contribution in [1.29, 1.82) is 0 Å². The van der Waals surface area contributed by atoms with Crippen molar-refractivity contribution in [2.24, 2.45) is 17.8 Å². The Hall–Kier alpha value is -0.260. The van der Waals surface area contributed by atoms with Crippen LogP contribution in [0.5, 0.6) is 0 Å². The summed E-state index contributed by atoms with van der Waals surface area (Å²) in [5.74, 6) is 3.07. The predicted molar refractivity (Wildman–Crippen MR) is 34.5 cm³/mol. The summed E-state index contributed by atoms with van der Waals surface area (Å²) in [6, 6.07) is 0. The molecule has 0 aromatic rings. The predicted octanol–water partition coefficient (Wildman–Crippen LogP) is 2.22. The Bertz CT molecular complexity index is 118. The molecule has 0 aromatic carbocycles. The van der Waals surface area contributed by atoms with Crippen LogP contribution in [-0.4, -0.2) is 0 Å². The zero-order valence-electron chi connectivity index (χ0n) is 5.30. The fourth-order valence-corrected chi connectivity index (χ4v) is 1.31. The van der Waals surface area contributed by atoms with Gasteiger partial charge in [-0.3, -0.25) is 0 Å². The van der Waals surface area contributed by atoms with Crippen molar-refractivity contribution in [1.82, 2.24) is 0 Å². The largest absolute Gasteiger partial charge is 0.0810 e. The van der Waals surface area contributed by atoms with E-state index in [9.17, 15) is 0 Å². The van der Waals surface area contributed by atoms with Gasteiger partial charge in [-0.25, -0.2) is 0 Å². The van der Waals surface area contributed by atoms with E-state index in [1.165, 1.54) is 12.8 Å². The molecule has 0 aliphatic heterocycles. The fourth-order valence-electron chi connectivity index (χ4n) is 1.31. The Kier molecular flexibility index (Phi) is 0.787. The highest BCUT2D eigenvalue weighted by Crippen LogP contribution is 2.44. The van der Waals surface area contributed by atoms with Crippen LogP contribution in [0.1, 0.15) is 19.8 Å². The Labute approximate surface area is 50.6 Å². The first kappa shape index (κ1) is 4.60. The highest BCUT2D eigenvalue weighted by Gasteiger charge is 2.34. The van der Waals surface area contributed by atoms with Gasteiger partial charge in [0.25, 0.3) is 0 Å². The van der Waals surface area contributed by atoms with Gasteiger partial charge in [-0.15, -0.1) is 0 Å². The van der Waals surface area contributed by atoms with Crippen LogP contribution < -0.4 is 0 Å². The van der Waals surface area contributed by atoms with E-state index in [4.69, 9.17) is 0 Å². The molecule has 0 amide bonds. The molecule has 44 valence electrons. The van der Waals surface area contributed by atoms with Crippen LogP contribution in [0, 0.1) is 17.8 Å². The molecule has 0 saturated heterocycles. The average Bonchev–Trinajstić information content (AvgIpc) is 2.52. The summed E-state index contributed by atoms with van der Waals surface area (Å²) in [4.78, 5) is 0. The maximum absolute atomic E-state index is 2.35. The van der Waals surface area contributed by atoms with Gasteiger partial charge in [0.05, 0.1) is 0 Å². The van der Waals surface area contributed by atoms with Gasteiger partial charge in [0.2, 0.25) is 0 Å². The van der Waals surface area contributed by atoms with Crippen LogP contribution in [0.25, 0.3) is 0 Å². The molecule has 2 atom stereocenters. The lowest BCUT2D eigenvalue weighted by molar-refractivity contribution is 0.643. The molecule has 0 radical (unpaired) electrons. The zero-order valence-corrected chi connectivity index (χ0v) is 5.30. The van der Waals surface area contributed by atoms with Gasteiger partial charge in [0, 0.05) is 0 Å². The maximum Gasteiger partial charge on any atom is -0.00503 e. The first-order valence-corrected chi connectivity index (χ1v) is 3.54. The first-order valence-electron chi connectivity index (χ1n) is 3.54. The lowest BCUT2D eigenvalue weighted by Crippen LogP contribution is -1.81. The normalized spacial score (nSPS) is 42.6. The number of rotatable bonds is 2. The summed E-state index contributed by atoms with van der Waals surface area (Å²) >= 11 is 0. The zero-order chi connectivity index (χ0) is 5.56. The molecule has 0 aromatic heterocycles. The molecule has 1 saturated carbocycles. The second-order valence-corrected chi connectivity index (χ2v) is 3.26. The van der Waals surface area contributed by atoms with E-state index in [-0.39, 0.29) is 0 Å². The van der Waals surface area contributed by atoms with Crippen molar-refractivity contribution >= 4 is 0 Å². The van der Waals surface area contributed by atoms with Crippen LogP contribution in [0.4, 0.5) is 0 Å². The summed E-state index contributed by atoms with van der Waals surface area (Å²) in [7, 11) is 0. The van der Waals surface area contributed by atoms with Gasteiger partial charge in [-0.05, 0) is 30.6 Å². The molecule has 0 spiro atoms. The van der Waals surface area contributed by atoms with E-state index < -0.39 is 0 Å². The summed E-state index contributed by atoms with van der Waals surface area (Å²) in [5, 5.41) is 0. The molecular formula is C8H12. The van der Waals surface area contributed by atoms with E-state index in [2.05, 4.69) is 19.1 Å². The molecule has 2 aliphatic carbocycles. The average molecular weight is 108 g/mol. The molecule has 2 rings (SSSR count). The SMILES string of the molecule is C[C@H]1CC1CC1C=C1. The van der Waals surface area contributed by atoms with E-state index >= 15 is 0 Å². The molecule has 0 bridgehead atoms. The van der Waals surface area contributed by atoms with Crippen LogP contribution in [0.15, 0.2) is 12.2 Å². The molecule has 2 aliphatic rings. The third-order valence-electron chi connectivity index (χ3n) is 2.32. The monoisotopic (exact) mass is 108 g/mol. The van der Waals surface area contributed by atoms with Gasteiger partial charge in [0.1, 0.15) is 0 Å². The van der Waals surface area contributed by atoms with Crippen LogP contribution in [0.2, 0.25) is 0 Å². The van der Waals surface area contributed by atoms with Crippen molar-refractivity contribution in [3.8, 4) is 0 Å². The number of hydrogen-bond acceptors (Lipinski definition) is 0. The molecule has 0 heteroatoms. The highest BCUT2D eigenvalue weighted by molar-refractivity contribution is 5.14. The third kappa shape index (κ3) is 0.795. The van der Waals surface area contributed by atoms with E-state index in [0.717, 1.165) is 17.8 Å². The number of allylic oxidation sites excluding steroid dienone is 2. The van der Waals surface area contributed by atoms with Crippen LogP contribution >= 0.6 is 0 Å². The molecule has 8 heavy (non-hydrogen) atoms. The minimum atomic E-state index is 0.921. The summed E-state index contributed by atoms with van der Waals surface area (Å²) in [5.41, 5.74) is 0. The molecular weight excluding hydrogens is 96.1 g/mol. The van der Waals surface area contributed by atoms with E-state index in [0.29, 0.717) is 0 Å². The lowest BCUT2D eigenvalue weighted by atomic mass is 10.1. The van der Waals surface area contributed by atoms with Crippen molar-refractivity contribution in [2.45, 2.75) is 19.8 Å². The van der Waals surface area contributed by atoms with Crippen LogP contribution in [-0.2, 0) is 0 Å². The molecule has 1 fully saturated rings. The second kappa shape index (κ2) is 1.37. The quantitative estimate of drug-likeness (QED) is 0.476. The Morgan fingerprint density at radius 2 is 2.12 bits per heavy atom. The molecule has 0 nitrogen and oxygen atoms in total. The van der Waals surface area contributed by atoms with Gasteiger partial charge < -0.3 is 0 Å². The summed E-state index contributed by atoms with van der Waals surface area (Å²) < 4.78 is 0. The van der Waals surface area contributed by atoms with Crippen molar-refractivity contribution < 1.29 is 0 Å². The first-order chi connectivity index (χ1) is 3.86. The smallest absolute Gasteiger partial charge is 0.00503 e. The molecule has 0 heterocycles. The minimum absolute atomic E-state index is 0.921. The Balaban J connectivity index is 1.70. The lowest BCUT2D eigenvalue weighted by Gasteiger charge is -1.90. The number of hydrogen-bond donors (Lipinski definition) is 0. The third-order valence-corrected chi connectivity index (χ3v) is 2.32. The standard InChI is InChI=1S/C8H12/c1-6-4-8(6)5-7-2-3-7/h2-3,6-8H,4-5H2,1H3/t6-,8?/m0/s1. The maximum atomic E-state index is 2.35. The topological polar surface area (TPSA) is 0 Å². The molecule has 1 unspecified atom stereocenters. The van der Waals surface area contributed by atoms with Crippen LogP contribution in [0.3, 0.4) is 0 Å². The van der Waals surface area contributed by atoms with Gasteiger partial charge in [-0.2, -0.15) is 0 Å². The summed E-state index contributed by atoms with van der Waals surface area (Å²) in [6.07, 6.45) is 7.58. The van der Waals surface area contributed by atoms with Gasteiger partial charge in [-0.1, -0.05) is 19.1 Å². The Morgan fingerprint density at radius 1 is 1.50 bits per heavy atom. The second-order valence-electron chi connectivity index (χ2n) is 3.26. The Morgan fingerprint density at radius 3 is 2.50 bits per heavy atom. The minimum Gasteiger partial charge on any atom is -0.0810 e. The molecule has 0 N–H and O–H groups in total. The van der Waals surface area contributed by atoms with E-state index in [1.54, 1.807) is 0 Å². The van der Waals surface area contributed by atoms with Gasteiger partial charge >= 0.3 is 0 Å². The highest BCUT2D eigenvalue weighted by atomic mass is 14.4. The van der Waals surface area contributed by atoms with Crippen molar-refractivity contribution in [3.63, 3.8) is 0 Å². The van der Waals surface area contributed by atoms with E-state index in [1.807, 2.05) is 0 Å². The van der Waals surface area contributed by atoms with Crippen molar-refractivity contribution in [3.05, 3.63) is 12.2 Å².